The molecule has 2 aromatic carbocycles. The molecule has 3 atom stereocenters. The molecule has 0 bridgehead atoms. The topological polar surface area (TPSA) is 107 Å². The molecule has 1 amide bonds. The van der Waals surface area contributed by atoms with Gasteiger partial charge in [0.2, 0.25) is 5.91 Å². The number of hydrogen-bond donors (Lipinski definition) is 2. The number of anilines is 1. The van der Waals surface area contributed by atoms with Gasteiger partial charge in [0.1, 0.15) is 17.3 Å². The summed E-state index contributed by atoms with van der Waals surface area (Å²) < 4.78 is 26.6. The monoisotopic (exact) mass is 452 g/mol. The predicted molar refractivity (Wildman–Crippen MR) is 117 cm³/mol. The minimum absolute atomic E-state index is 0.0275. The molecule has 2 N–H and O–H groups in total. The van der Waals surface area contributed by atoms with Crippen molar-refractivity contribution in [2.45, 2.75) is 0 Å². The number of carbonyl (C=O) groups is 2. The van der Waals surface area contributed by atoms with Crippen LogP contribution in [0.15, 0.2) is 71.7 Å². The predicted octanol–water partition coefficient (Wildman–Crippen LogP) is 2.95. The van der Waals surface area contributed by atoms with Gasteiger partial charge in [-0.3, -0.25) is 19.0 Å². The van der Waals surface area contributed by atoms with Crippen LogP contribution >= 0.6 is 0 Å². The fourth-order valence-electron chi connectivity index (χ4n) is 3.75. The summed E-state index contributed by atoms with van der Waals surface area (Å²) in [4.78, 5) is 36.2. The van der Waals surface area contributed by atoms with Crippen molar-refractivity contribution in [3.05, 3.63) is 83.0 Å². The van der Waals surface area contributed by atoms with Crippen LogP contribution in [0.5, 0.6) is 11.5 Å². The molecule has 9 heteroatoms. The van der Waals surface area contributed by atoms with Crippen molar-refractivity contribution in [3.8, 4) is 17.2 Å². The van der Waals surface area contributed by atoms with E-state index in [4.69, 9.17) is 9.47 Å². The van der Waals surface area contributed by atoms with Crippen LogP contribution < -0.4 is 20.3 Å². The minimum Gasteiger partial charge on any atom is -0.497 e. The zero-order valence-electron chi connectivity index (χ0n) is 17.6. The summed E-state index contributed by atoms with van der Waals surface area (Å²) in [6.07, 6.45) is 1.50. The number of nitrogens with zero attached hydrogens (tertiary/aromatic N) is 1. The van der Waals surface area contributed by atoms with Crippen LogP contribution in [0.1, 0.15) is 0 Å². The molecule has 0 unspecified atom stereocenters. The lowest BCUT2D eigenvalue weighted by molar-refractivity contribution is -0.140. The number of ether oxygens (including phenoxy) is 2. The van der Waals surface area contributed by atoms with E-state index in [0.29, 0.717) is 17.2 Å². The van der Waals surface area contributed by atoms with Gasteiger partial charge in [-0.1, -0.05) is 6.07 Å². The Morgan fingerprint density at radius 3 is 2.42 bits per heavy atom. The molecule has 0 aliphatic heterocycles. The maximum absolute atomic E-state index is 14.6. The molecule has 1 aliphatic carbocycles. The molecule has 1 heterocycles. The van der Waals surface area contributed by atoms with Gasteiger partial charge in [0.25, 0.3) is 5.56 Å². The summed E-state index contributed by atoms with van der Waals surface area (Å²) in [6.45, 7) is 0.0275. The van der Waals surface area contributed by atoms with Crippen LogP contribution in [0.3, 0.4) is 0 Å². The second kappa shape index (κ2) is 9.15. The molecule has 8 nitrogen and oxygen atoms in total. The van der Waals surface area contributed by atoms with E-state index < -0.39 is 35.4 Å². The fourth-order valence-corrected chi connectivity index (χ4v) is 3.75. The molecule has 33 heavy (non-hydrogen) atoms. The van der Waals surface area contributed by atoms with E-state index in [9.17, 15) is 23.9 Å². The van der Waals surface area contributed by atoms with Gasteiger partial charge in [-0.05, 0) is 42.5 Å². The van der Waals surface area contributed by atoms with Crippen molar-refractivity contribution in [2.75, 3.05) is 19.0 Å². The lowest BCUT2D eigenvalue weighted by atomic mass is 10.2. The summed E-state index contributed by atoms with van der Waals surface area (Å²) in [5.41, 5.74) is -0.119. The van der Waals surface area contributed by atoms with E-state index in [1.54, 1.807) is 43.5 Å². The standard InChI is InChI=1S/C24H21FN2O6/c1-32-15-6-8-16(9-7-15)33-13-17-21(22(17)24(30)31)23(29)26-19-10-5-14(12-18(19)25)27-11-3-2-4-20(27)28/h2-12,17,21-22H,13H2,1H3,(H,26,29)(H,30,31)/t17-,21-,22+/m1/s1. The Morgan fingerprint density at radius 2 is 1.79 bits per heavy atom. The third-order valence-corrected chi connectivity index (χ3v) is 5.57. The Balaban J connectivity index is 1.42. The molecule has 1 aliphatic rings. The molecule has 3 aromatic rings. The molecule has 1 fully saturated rings. The summed E-state index contributed by atoms with van der Waals surface area (Å²) in [7, 11) is 1.54. The molecule has 1 aromatic heterocycles. The van der Waals surface area contributed by atoms with E-state index >= 15 is 0 Å². The van der Waals surface area contributed by atoms with Crippen molar-refractivity contribution in [1.29, 1.82) is 0 Å². The van der Waals surface area contributed by atoms with Crippen molar-refractivity contribution >= 4 is 17.6 Å². The van der Waals surface area contributed by atoms with Gasteiger partial charge in [-0.15, -0.1) is 0 Å². The van der Waals surface area contributed by atoms with Crippen LogP contribution in [0.25, 0.3) is 5.69 Å². The number of halogens is 1. The average molecular weight is 452 g/mol. The van der Waals surface area contributed by atoms with Crippen molar-refractivity contribution in [2.24, 2.45) is 17.8 Å². The molecule has 0 spiro atoms. The van der Waals surface area contributed by atoms with Crippen LogP contribution in [-0.4, -0.2) is 35.3 Å². The van der Waals surface area contributed by atoms with Crippen LogP contribution in [0, 0.1) is 23.6 Å². The van der Waals surface area contributed by atoms with E-state index in [0.717, 1.165) is 6.07 Å². The second-order valence-electron chi connectivity index (χ2n) is 7.60. The Hall–Kier alpha value is -4.14. The Morgan fingerprint density at radius 1 is 1.06 bits per heavy atom. The lowest BCUT2D eigenvalue weighted by Gasteiger charge is -2.10. The highest BCUT2D eigenvalue weighted by Crippen LogP contribution is 2.47. The van der Waals surface area contributed by atoms with Gasteiger partial charge in [-0.25, -0.2) is 4.39 Å². The highest BCUT2D eigenvalue weighted by molar-refractivity contribution is 5.99. The molecule has 0 saturated heterocycles. The quantitative estimate of drug-likeness (QED) is 0.544. The summed E-state index contributed by atoms with van der Waals surface area (Å²) >= 11 is 0. The third-order valence-electron chi connectivity index (χ3n) is 5.57. The number of amides is 1. The number of carboxylic acid groups (broad SMARTS) is 1. The van der Waals surface area contributed by atoms with Crippen molar-refractivity contribution in [1.82, 2.24) is 4.57 Å². The first-order valence-electron chi connectivity index (χ1n) is 10.2. The number of hydrogen-bond acceptors (Lipinski definition) is 5. The summed E-state index contributed by atoms with van der Waals surface area (Å²) in [5, 5.41) is 11.9. The van der Waals surface area contributed by atoms with E-state index in [2.05, 4.69) is 5.32 Å². The van der Waals surface area contributed by atoms with Crippen LogP contribution in [-0.2, 0) is 9.59 Å². The summed E-state index contributed by atoms with van der Waals surface area (Å²) in [6, 6.07) is 15.3. The maximum Gasteiger partial charge on any atom is 0.307 e. The number of carboxylic acids is 1. The second-order valence-corrected chi connectivity index (χ2v) is 7.60. The number of nitrogens with one attached hydrogen (secondary N) is 1. The number of carbonyl (C=O) groups excluding carboxylic acids is 1. The van der Waals surface area contributed by atoms with Gasteiger partial charge < -0.3 is 19.9 Å². The normalized spacial score (nSPS) is 18.9. The number of methoxy groups -OCH3 is 1. The third kappa shape index (κ3) is 4.72. The number of aromatic nitrogens is 1. The van der Waals surface area contributed by atoms with Crippen molar-refractivity contribution in [3.63, 3.8) is 0 Å². The Kier molecular flexibility index (Phi) is 6.12. The van der Waals surface area contributed by atoms with Gasteiger partial charge in [0.05, 0.1) is 36.9 Å². The smallest absolute Gasteiger partial charge is 0.307 e. The zero-order valence-corrected chi connectivity index (χ0v) is 17.6. The van der Waals surface area contributed by atoms with Crippen molar-refractivity contribution < 1.29 is 28.6 Å². The molecule has 1 saturated carbocycles. The first-order chi connectivity index (χ1) is 15.9. The SMILES string of the molecule is COc1ccc(OC[C@@H]2[C@@H](C(=O)Nc3ccc(-n4ccccc4=O)cc3F)[C@H]2C(=O)O)cc1. The molecule has 4 rings (SSSR count). The van der Waals surface area contributed by atoms with Gasteiger partial charge >= 0.3 is 5.97 Å². The van der Waals surface area contributed by atoms with E-state index in [-0.39, 0.29) is 17.9 Å². The zero-order chi connectivity index (χ0) is 23.5. The minimum atomic E-state index is -1.11. The number of aliphatic carboxylic acids is 1. The molecular weight excluding hydrogens is 431 g/mol. The lowest BCUT2D eigenvalue weighted by Crippen LogP contribution is -2.19. The first kappa shape index (κ1) is 22.1. The largest absolute Gasteiger partial charge is 0.497 e. The van der Waals surface area contributed by atoms with Gasteiger partial charge in [0.15, 0.2) is 0 Å². The Bertz CT molecular complexity index is 1240. The van der Waals surface area contributed by atoms with Crippen LogP contribution in [0.2, 0.25) is 0 Å². The van der Waals surface area contributed by atoms with Gasteiger partial charge in [0, 0.05) is 24.2 Å². The number of pyridine rings is 1. The average Bonchev–Trinajstić information content (AvgIpc) is 3.55. The first-order valence-corrected chi connectivity index (χ1v) is 10.2. The highest BCUT2D eigenvalue weighted by Gasteiger charge is 2.59. The summed E-state index contributed by atoms with van der Waals surface area (Å²) in [5.74, 6) is -3.61. The highest BCUT2D eigenvalue weighted by atomic mass is 19.1. The molecular formula is C24H21FN2O6. The van der Waals surface area contributed by atoms with Crippen LogP contribution in [0.4, 0.5) is 10.1 Å². The molecule has 170 valence electrons. The number of benzene rings is 2. The maximum atomic E-state index is 14.6. The molecule has 0 radical (unpaired) electrons. The van der Waals surface area contributed by atoms with E-state index in [1.165, 1.54) is 29.0 Å². The fraction of sp³-hybridized carbons (Fsp3) is 0.208. The van der Waals surface area contributed by atoms with Gasteiger partial charge in [-0.2, -0.15) is 0 Å². The Labute approximate surface area is 188 Å². The number of rotatable bonds is 8. The van der Waals surface area contributed by atoms with E-state index in [1.807, 2.05) is 0 Å².